The molecular formula is C25H23NO6S2. The number of furan rings is 1. The summed E-state index contributed by atoms with van der Waals surface area (Å²) < 4.78 is 22.3. The molecule has 0 radical (unpaired) electrons. The van der Waals surface area contributed by atoms with E-state index in [1.807, 2.05) is 25.1 Å². The van der Waals surface area contributed by atoms with Gasteiger partial charge < -0.3 is 18.6 Å². The number of carbonyl (C=O) groups is 2. The Morgan fingerprint density at radius 3 is 2.71 bits per heavy atom. The van der Waals surface area contributed by atoms with Crippen LogP contribution < -0.4 is 9.47 Å². The van der Waals surface area contributed by atoms with Crippen LogP contribution in [0.15, 0.2) is 51.8 Å². The van der Waals surface area contributed by atoms with Gasteiger partial charge in [-0.1, -0.05) is 48.2 Å². The fraction of sp³-hybridized carbons (Fsp3) is 0.240. The van der Waals surface area contributed by atoms with Crippen molar-refractivity contribution in [3.63, 3.8) is 0 Å². The van der Waals surface area contributed by atoms with Gasteiger partial charge in [0.1, 0.15) is 9.90 Å². The van der Waals surface area contributed by atoms with Crippen molar-refractivity contribution in [2.24, 2.45) is 0 Å². The van der Waals surface area contributed by atoms with Gasteiger partial charge in [-0.05, 0) is 43.2 Å². The highest BCUT2D eigenvalue weighted by Crippen LogP contribution is 2.35. The maximum Gasteiger partial charge on any atom is 0.380 e. The number of carbonyl (C=O) groups excluding carboxylic acids is 2. The lowest BCUT2D eigenvalue weighted by Gasteiger charge is -2.13. The summed E-state index contributed by atoms with van der Waals surface area (Å²) in [7, 11) is 3.11. The minimum atomic E-state index is -0.614. The summed E-state index contributed by atoms with van der Waals surface area (Å²) in [6.07, 6.45) is 2.45. The Kier molecular flexibility index (Phi) is 7.35. The molecule has 4 rings (SSSR count). The van der Waals surface area contributed by atoms with Crippen molar-refractivity contribution in [3.05, 3.63) is 64.3 Å². The Bertz CT molecular complexity index is 1300. The number of rotatable bonds is 8. The average molecular weight is 498 g/mol. The van der Waals surface area contributed by atoms with Crippen molar-refractivity contribution in [2.45, 2.75) is 13.3 Å². The average Bonchev–Trinajstić information content (AvgIpc) is 3.31. The molecule has 0 bridgehead atoms. The number of ether oxygens (including phenoxy) is 3. The molecular weight excluding hydrogens is 474 g/mol. The van der Waals surface area contributed by atoms with Gasteiger partial charge in [-0.2, -0.15) is 0 Å². The van der Waals surface area contributed by atoms with Gasteiger partial charge in [0.25, 0.3) is 5.91 Å². The Morgan fingerprint density at radius 1 is 1.18 bits per heavy atom. The van der Waals surface area contributed by atoms with Gasteiger partial charge in [0.15, 0.2) is 11.5 Å². The third-order valence-corrected chi connectivity index (χ3v) is 6.70. The molecule has 176 valence electrons. The minimum Gasteiger partial charge on any atom is -0.493 e. The molecule has 0 atom stereocenters. The maximum absolute atomic E-state index is 12.8. The van der Waals surface area contributed by atoms with Crippen LogP contribution >= 0.6 is 24.0 Å². The normalized spacial score (nSPS) is 14.9. The van der Waals surface area contributed by atoms with Crippen molar-refractivity contribution in [1.82, 2.24) is 4.90 Å². The molecule has 0 saturated carbocycles. The molecule has 2 heterocycles. The summed E-state index contributed by atoms with van der Waals surface area (Å²) >= 11 is 6.61. The molecule has 3 aromatic rings. The maximum atomic E-state index is 12.8. The number of fused-ring (bicyclic) bond motifs is 1. The number of para-hydroxylation sites is 1. The van der Waals surface area contributed by atoms with Crippen LogP contribution in [0.25, 0.3) is 17.0 Å². The smallest absolute Gasteiger partial charge is 0.380 e. The van der Waals surface area contributed by atoms with Gasteiger partial charge in [-0.25, -0.2) is 4.79 Å². The van der Waals surface area contributed by atoms with Crippen LogP contribution in [0.5, 0.6) is 11.5 Å². The van der Waals surface area contributed by atoms with Gasteiger partial charge in [-0.15, -0.1) is 0 Å². The molecule has 0 unspecified atom stereocenters. The van der Waals surface area contributed by atoms with Crippen molar-refractivity contribution in [2.75, 3.05) is 27.4 Å². The van der Waals surface area contributed by atoms with Crippen LogP contribution in [-0.2, 0) is 9.53 Å². The molecule has 1 aromatic heterocycles. The first-order valence-corrected chi connectivity index (χ1v) is 11.8. The monoisotopic (exact) mass is 497 g/mol. The molecule has 0 spiro atoms. The van der Waals surface area contributed by atoms with E-state index in [2.05, 4.69) is 0 Å². The molecule has 1 saturated heterocycles. The highest BCUT2D eigenvalue weighted by molar-refractivity contribution is 8.26. The quantitative estimate of drug-likeness (QED) is 0.138. The molecule has 2 aromatic carbocycles. The summed E-state index contributed by atoms with van der Waals surface area (Å²) in [5.74, 6) is -0.00912. The lowest BCUT2D eigenvalue weighted by Crippen LogP contribution is -2.29. The van der Waals surface area contributed by atoms with Crippen LogP contribution in [0.3, 0.4) is 0 Å². The Balaban J connectivity index is 1.52. The van der Waals surface area contributed by atoms with Crippen molar-refractivity contribution in [3.8, 4) is 11.5 Å². The van der Waals surface area contributed by atoms with Crippen LogP contribution in [0, 0.1) is 6.92 Å². The highest BCUT2D eigenvalue weighted by atomic mass is 32.2. The number of thiocarbonyl (C=S) groups is 1. The first-order chi connectivity index (χ1) is 16.4. The van der Waals surface area contributed by atoms with Crippen LogP contribution in [0.1, 0.15) is 28.1 Å². The second-order valence-corrected chi connectivity index (χ2v) is 9.21. The Labute approximate surface area is 206 Å². The number of methoxy groups -OCH3 is 2. The molecule has 0 aliphatic carbocycles. The molecule has 1 amide bonds. The van der Waals surface area contributed by atoms with E-state index >= 15 is 0 Å². The number of hydrogen-bond acceptors (Lipinski definition) is 8. The molecule has 7 nitrogen and oxygen atoms in total. The molecule has 1 aliphatic heterocycles. The van der Waals surface area contributed by atoms with E-state index in [1.54, 1.807) is 42.4 Å². The molecule has 1 fully saturated rings. The molecule has 0 N–H and O–H groups in total. The topological polar surface area (TPSA) is 78.2 Å². The summed E-state index contributed by atoms with van der Waals surface area (Å²) in [5, 5.41) is 0.858. The van der Waals surface area contributed by atoms with E-state index in [4.69, 9.17) is 30.8 Å². The third kappa shape index (κ3) is 4.86. The van der Waals surface area contributed by atoms with Gasteiger partial charge in [0, 0.05) is 31.2 Å². The molecule has 34 heavy (non-hydrogen) atoms. The van der Waals surface area contributed by atoms with Gasteiger partial charge in [0.05, 0.1) is 12.0 Å². The summed E-state index contributed by atoms with van der Waals surface area (Å²) in [5.41, 5.74) is 2.05. The van der Waals surface area contributed by atoms with Gasteiger partial charge in [0.2, 0.25) is 5.76 Å². The van der Waals surface area contributed by atoms with E-state index in [0.29, 0.717) is 51.3 Å². The zero-order chi connectivity index (χ0) is 24.2. The van der Waals surface area contributed by atoms with Crippen LogP contribution in [0.4, 0.5) is 0 Å². The minimum absolute atomic E-state index is 0.138. The first kappa shape index (κ1) is 24.0. The van der Waals surface area contributed by atoms with E-state index in [9.17, 15) is 9.59 Å². The number of thioether (sulfide) groups is 1. The van der Waals surface area contributed by atoms with Crippen molar-refractivity contribution < 1.29 is 28.2 Å². The van der Waals surface area contributed by atoms with Gasteiger partial charge in [-0.3, -0.25) is 9.69 Å². The number of hydrogen-bond donors (Lipinski definition) is 0. The zero-order valence-electron chi connectivity index (χ0n) is 19.0. The van der Waals surface area contributed by atoms with E-state index in [-0.39, 0.29) is 17.4 Å². The standard InChI is InChI=1S/C25H23NO6S2/c1-15-17-7-4-5-8-18(17)31-22(15)24(28)32-19-10-9-16(13-20(19)30-3)14-21-23(27)26(25(33)34-21)11-6-12-29-2/h4-5,7-10,13-14H,6,11-12H2,1-3H3/b21-14+. The highest BCUT2D eigenvalue weighted by Gasteiger charge is 2.31. The lowest BCUT2D eigenvalue weighted by atomic mass is 10.1. The zero-order valence-corrected chi connectivity index (χ0v) is 20.6. The number of esters is 1. The molecule has 9 heteroatoms. The number of nitrogens with zero attached hydrogens (tertiary/aromatic N) is 1. The van der Waals surface area contributed by atoms with E-state index in [1.165, 1.54) is 18.9 Å². The van der Waals surface area contributed by atoms with E-state index < -0.39 is 5.97 Å². The van der Waals surface area contributed by atoms with Gasteiger partial charge >= 0.3 is 5.97 Å². The SMILES string of the molecule is COCCCN1C(=O)/C(=C\c2ccc(OC(=O)c3oc4ccccc4c3C)c(OC)c2)SC1=S. The number of benzene rings is 2. The summed E-state index contributed by atoms with van der Waals surface area (Å²) in [6.45, 7) is 2.88. The van der Waals surface area contributed by atoms with Crippen LogP contribution in [0.2, 0.25) is 0 Å². The van der Waals surface area contributed by atoms with Crippen molar-refractivity contribution >= 4 is 57.2 Å². The second-order valence-electron chi connectivity index (χ2n) is 7.53. The summed E-state index contributed by atoms with van der Waals surface area (Å²) in [4.78, 5) is 27.6. The predicted octanol–water partition coefficient (Wildman–Crippen LogP) is 5.21. The summed E-state index contributed by atoms with van der Waals surface area (Å²) in [6, 6.07) is 12.5. The second kappa shape index (κ2) is 10.4. The predicted molar refractivity (Wildman–Crippen MR) is 135 cm³/mol. The van der Waals surface area contributed by atoms with E-state index in [0.717, 1.165) is 5.39 Å². The number of amides is 1. The van der Waals surface area contributed by atoms with Crippen molar-refractivity contribution in [1.29, 1.82) is 0 Å². The van der Waals surface area contributed by atoms with Crippen LogP contribution in [-0.4, -0.2) is 48.5 Å². The number of aryl methyl sites for hydroxylation is 1. The fourth-order valence-corrected chi connectivity index (χ4v) is 4.89. The lowest BCUT2D eigenvalue weighted by molar-refractivity contribution is -0.122. The first-order valence-electron chi connectivity index (χ1n) is 10.6. The Hall–Kier alpha value is -3.14. The largest absolute Gasteiger partial charge is 0.493 e. The third-order valence-electron chi connectivity index (χ3n) is 5.32. The molecule has 1 aliphatic rings. The Morgan fingerprint density at radius 2 is 1.97 bits per heavy atom. The fourth-order valence-electron chi connectivity index (χ4n) is 3.58.